The molecule has 3 N–H and O–H groups in total. The summed E-state index contributed by atoms with van der Waals surface area (Å²) in [6, 6.07) is 0.236. The molecule has 2 rings (SSSR count). The van der Waals surface area contributed by atoms with Crippen molar-refractivity contribution in [1.82, 2.24) is 5.32 Å². The van der Waals surface area contributed by atoms with E-state index in [1.165, 1.54) is 0 Å². The summed E-state index contributed by atoms with van der Waals surface area (Å²) in [5.74, 6) is 0.720. The standard InChI is InChI=1S/C15H28N2O3/c1-12-2-6-15(11-16,7-3-12)20-10-14(18)17-13-4-8-19-9-5-13/h12-13H,2-11,16H2,1H3,(H,17,18). The molecule has 0 atom stereocenters. The van der Waals surface area contributed by atoms with E-state index < -0.39 is 0 Å². The predicted octanol–water partition coefficient (Wildman–Crippen LogP) is 1.21. The molecule has 2 aliphatic rings. The fourth-order valence-electron chi connectivity index (χ4n) is 3.03. The molecule has 0 unspecified atom stereocenters. The van der Waals surface area contributed by atoms with Crippen LogP contribution in [0.2, 0.25) is 0 Å². The van der Waals surface area contributed by atoms with Crippen molar-refractivity contribution in [2.24, 2.45) is 11.7 Å². The Bertz CT molecular complexity index is 308. The second-order valence-electron chi connectivity index (χ2n) is 6.31. The number of nitrogens with two attached hydrogens (primary N) is 1. The third-order valence-corrected chi connectivity index (χ3v) is 4.65. The second-order valence-corrected chi connectivity index (χ2v) is 6.31. The van der Waals surface area contributed by atoms with Crippen molar-refractivity contribution in [1.29, 1.82) is 0 Å². The van der Waals surface area contributed by atoms with E-state index in [1.54, 1.807) is 0 Å². The molecule has 0 spiro atoms. The first-order chi connectivity index (χ1) is 9.63. The summed E-state index contributed by atoms with van der Waals surface area (Å²) < 4.78 is 11.2. The van der Waals surface area contributed by atoms with Crippen LogP contribution >= 0.6 is 0 Å². The molecule has 5 heteroatoms. The summed E-state index contributed by atoms with van der Waals surface area (Å²) in [5, 5.41) is 3.02. The van der Waals surface area contributed by atoms with Crippen LogP contribution in [-0.4, -0.2) is 43.9 Å². The molecule has 0 radical (unpaired) electrons. The smallest absolute Gasteiger partial charge is 0.246 e. The van der Waals surface area contributed by atoms with E-state index in [0.717, 1.165) is 57.7 Å². The number of carbonyl (C=O) groups is 1. The van der Waals surface area contributed by atoms with Crippen LogP contribution in [-0.2, 0) is 14.3 Å². The Balaban J connectivity index is 1.73. The lowest BCUT2D eigenvalue weighted by atomic mass is 9.79. The summed E-state index contributed by atoms with van der Waals surface area (Å²) in [6.07, 6.45) is 6.00. The van der Waals surface area contributed by atoms with E-state index in [9.17, 15) is 4.79 Å². The van der Waals surface area contributed by atoms with Crippen molar-refractivity contribution in [3.63, 3.8) is 0 Å². The number of carbonyl (C=O) groups excluding carboxylic acids is 1. The zero-order chi connectivity index (χ0) is 14.4. The van der Waals surface area contributed by atoms with Crippen LogP contribution in [0.15, 0.2) is 0 Å². The Morgan fingerprint density at radius 2 is 1.95 bits per heavy atom. The Hall–Kier alpha value is -0.650. The molecule has 0 aromatic heterocycles. The van der Waals surface area contributed by atoms with E-state index in [4.69, 9.17) is 15.2 Å². The van der Waals surface area contributed by atoms with E-state index in [-0.39, 0.29) is 24.2 Å². The first-order valence-corrected chi connectivity index (χ1v) is 7.85. The molecule has 116 valence electrons. The Morgan fingerprint density at radius 3 is 2.55 bits per heavy atom. The molecule has 5 nitrogen and oxygen atoms in total. The van der Waals surface area contributed by atoms with Crippen LogP contribution in [0.1, 0.15) is 45.4 Å². The molecule has 2 fully saturated rings. The number of hydrogen-bond acceptors (Lipinski definition) is 4. The lowest BCUT2D eigenvalue weighted by Gasteiger charge is -2.38. The number of rotatable bonds is 5. The lowest BCUT2D eigenvalue weighted by molar-refractivity contribution is -0.137. The zero-order valence-electron chi connectivity index (χ0n) is 12.5. The lowest BCUT2D eigenvalue weighted by Crippen LogP contribution is -2.47. The number of ether oxygens (including phenoxy) is 2. The van der Waals surface area contributed by atoms with Gasteiger partial charge in [0.25, 0.3) is 0 Å². The van der Waals surface area contributed by atoms with Gasteiger partial charge in [0, 0.05) is 25.8 Å². The van der Waals surface area contributed by atoms with E-state index in [0.29, 0.717) is 6.54 Å². The molecule has 0 aromatic carbocycles. The average Bonchev–Trinajstić information content (AvgIpc) is 2.48. The van der Waals surface area contributed by atoms with E-state index >= 15 is 0 Å². The minimum Gasteiger partial charge on any atom is -0.381 e. The van der Waals surface area contributed by atoms with Crippen LogP contribution in [0.4, 0.5) is 0 Å². The minimum absolute atomic E-state index is 0.0247. The summed E-state index contributed by atoms with van der Waals surface area (Å²) in [4.78, 5) is 12.0. The molecule has 1 aliphatic heterocycles. The average molecular weight is 284 g/mol. The van der Waals surface area contributed by atoms with Crippen molar-refractivity contribution in [2.45, 2.75) is 57.1 Å². The quantitative estimate of drug-likeness (QED) is 0.796. The molecule has 0 aromatic rings. The SMILES string of the molecule is CC1CCC(CN)(OCC(=O)NC2CCOCC2)CC1. The first kappa shape index (κ1) is 15.7. The van der Waals surface area contributed by atoms with Gasteiger partial charge in [-0.1, -0.05) is 6.92 Å². The highest BCUT2D eigenvalue weighted by molar-refractivity contribution is 5.77. The molecule has 0 bridgehead atoms. The largest absolute Gasteiger partial charge is 0.381 e. The molecule has 1 heterocycles. The maximum Gasteiger partial charge on any atom is 0.246 e. The van der Waals surface area contributed by atoms with E-state index in [2.05, 4.69) is 12.2 Å². The highest BCUT2D eigenvalue weighted by Crippen LogP contribution is 2.33. The van der Waals surface area contributed by atoms with Crippen LogP contribution in [0.3, 0.4) is 0 Å². The fraction of sp³-hybridized carbons (Fsp3) is 0.933. The first-order valence-electron chi connectivity index (χ1n) is 7.85. The summed E-state index contributed by atoms with van der Waals surface area (Å²) in [7, 11) is 0. The predicted molar refractivity (Wildman–Crippen MR) is 77.4 cm³/mol. The van der Waals surface area contributed by atoms with Crippen LogP contribution < -0.4 is 11.1 Å². The molecular formula is C15H28N2O3. The molecule has 1 saturated carbocycles. The monoisotopic (exact) mass is 284 g/mol. The van der Waals surface area contributed by atoms with Gasteiger partial charge in [0.05, 0.1) is 5.60 Å². The maximum absolute atomic E-state index is 12.0. The Morgan fingerprint density at radius 1 is 1.30 bits per heavy atom. The summed E-state index contributed by atoms with van der Waals surface area (Å²) >= 11 is 0. The molecule has 20 heavy (non-hydrogen) atoms. The van der Waals surface area contributed by atoms with Gasteiger partial charge in [0.15, 0.2) is 0 Å². The van der Waals surface area contributed by atoms with Gasteiger partial charge in [-0.15, -0.1) is 0 Å². The van der Waals surface area contributed by atoms with Gasteiger partial charge < -0.3 is 20.5 Å². The van der Waals surface area contributed by atoms with Gasteiger partial charge in [-0.25, -0.2) is 0 Å². The maximum atomic E-state index is 12.0. The van der Waals surface area contributed by atoms with Gasteiger partial charge >= 0.3 is 0 Å². The van der Waals surface area contributed by atoms with Crippen LogP contribution in [0.5, 0.6) is 0 Å². The molecule has 1 aliphatic carbocycles. The molecule has 1 saturated heterocycles. The van der Waals surface area contributed by atoms with Crippen LogP contribution in [0.25, 0.3) is 0 Å². The number of amides is 1. The summed E-state index contributed by atoms with van der Waals surface area (Å²) in [5.41, 5.74) is 5.60. The van der Waals surface area contributed by atoms with Crippen molar-refractivity contribution in [3.8, 4) is 0 Å². The molecular weight excluding hydrogens is 256 g/mol. The second kappa shape index (κ2) is 7.38. The Labute approximate surface area is 121 Å². The minimum atomic E-state index is -0.278. The third-order valence-electron chi connectivity index (χ3n) is 4.65. The number of hydrogen-bond donors (Lipinski definition) is 2. The van der Waals surface area contributed by atoms with Crippen molar-refractivity contribution >= 4 is 5.91 Å². The normalized spacial score (nSPS) is 32.0. The van der Waals surface area contributed by atoms with Gasteiger partial charge in [-0.05, 0) is 44.4 Å². The summed E-state index contributed by atoms with van der Waals surface area (Å²) in [6.45, 7) is 4.36. The third kappa shape index (κ3) is 4.43. The highest BCUT2D eigenvalue weighted by Gasteiger charge is 2.34. The van der Waals surface area contributed by atoms with Gasteiger partial charge in [-0.2, -0.15) is 0 Å². The zero-order valence-corrected chi connectivity index (χ0v) is 12.5. The number of nitrogens with one attached hydrogen (secondary N) is 1. The Kier molecular flexibility index (Phi) is 5.81. The van der Waals surface area contributed by atoms with Crippen molar-refractivity contribution in [2.75, 3.05) is 26.4 Å². The van der Waals surface area contributed by atoms with Gasteiger partial charge in [-0.3, -0.25) is 4.79 Å². The fourth-order valence-corrected chi connectivity index (χ4v) is 3.03. The van der Waals surface area contributed by atoms with Crippen molar-refractivity contribution in [3.05, 3.63) is 0 Å². The van der Waals surface area contributed by atoms with Gasteiger partial charge in [0.2, 0.25) is 5.91 Å². The van der Waals surface area contributed by atoms with Crippen molar-refractivity contribution < 1.29 is 14.3 Å². The van der Waals surface area contributed by atoms with Crippen LogP contribution in [0, 0.1) is 5.92 Å². The highest BCUT2D eigenvalue weighted by atomic mass is 16.5. The topological polar surface area (TPSA) is 73.6 Å². The molecule has 1 amide bonds. The van der Waals surface area contributed by atoms with Gasteiger partial charge in [0.1, 0.15) is 6.61 Å². The van der Waals surface area contributed by atoms with E-state index in [1.807, 2.05) is 0 Å².